The van der Waals surface area contributed by atoms with Gasteiger partial charge in [0.2, 0.25) is 10.0 Å². The van der Waals surface area contributed by atoms with Crippen LogP contribution in [-0.2, 0) is 16.6 Å². The Morgan fingerprint density at radius 3 is 2.43 bits per heavy atom. The van der Waals surface area contributed by atoms with Crippen molar-refractivity contribution in [1.29, 1.82) is 0 Å². The molecule has 4 nitrogen and oxygen atoms in total. The lowest BCUT2D eigenvalue weighted by Gasteiger charge is -2.13. The van der Waals surface area contributed by atoms with E-state index < -0.39 is 10.0 Å². The van der Waals surface area contributed by atoms with E-state index in [0.717, 1.165) is 12.0 Å². The molecule has 0 saturated heterocycles. The van der Waals surface area contributed by atoms with E-state index in [4.69, 9.17) is 23.2 Å². The Kier molecular flexibility index (Phi) is 5.21. The van der Waals surface area contributed by atoms with Gasteiger partial charge in [0.25, 0.3) is 0 Å². The van der Waals surface area contributed by atoms with Crippen molar-refractivity contribution in [3.05, 3.63) is 27.7 Å². The quantitative estimate of drug-likeness (QED) is 0.828. The van der Waals surface area contributed by atoms with Crippen molar-refractivity contribution in [3.8, 4) is 0 Å². The molecule has 0 spiro atoms. The topological polar surface area (TPSA) is 58.2 Å². The van der Waals surface area contributed by atoms with Gasteiger partial charge in [0.15, 0.2) is 0 Å². The molecule has 2 rings (SSSR count). The van der Waals surface area contributed by atoms with E-state index in [-0.39, 0.29) is 22.0 Å². The summed E-state index contributed by atoms with van der Waals surface area (Å²) in [6, 6.07) is 3.34. The summed E-state index contributed by atoms with van der Waals surface area (Å²) in [6.07, 6.45) is 0.867. The second kappa shape index (κ2) is 6.42. The van der Waals surface area contributed by atoms with Crippen LogP contribution in [0, 0.1) is 5.92 Å². The molecule has 0 amide bonds. The molecular weight excluding hydrogens is 331 g/mol. The lowest BCUT2D eigenvalue weighted by atomic mass is 10.2. The molecule has 0 bridgehead atoms. The van der Waals surface area contributed by atoms with Crippen LogP contribution in [0.1, 0.15) is 32.8 Å². The van der Waals surface area contributed by atoms with Gasteiger partial charge < -0.3 is 5.32 Å². The molecule has 1 aromatic carbocycles. The number of hydrogen-bond donors (Lipinski definition) is 2. The molecule has 2 atom stereocenters. The highest BCUT2D eigenvalue weighted by atomic mass is 35.5. The van der Waals surface area contributed by atoms with E-state index in [1.807, 2.05) is 20.8 Å². The summed E-state index contributed by atoms with van der Waals surface area (Å²) < 4.78 is 27.5. The fraction of sp³-hybridized carbons (Fsp3) is 0.571. The fourth-order valence-electron chi connectivity index (χ4n) is 1.98. The normalized spacial score (nSPS) is 21.8. The molecule has 2 N–H and O–H groups in total. The smallest absolute Gasteiger partial charge is 0.242 e. The summed E-state index contributed by atoms with van der Waals surface area (Å²) >= 11 is 12.2. The van der Waals surface area contributed by atoms with Crippen molar-refractivity contribution >= 4 is 33.2 Å². The molecule has 1 fully saturated rings. The number of hydrogen-bond acceptors (Lipinski definition) is 3. The van der Waals surface area contributed by atoms with E-state index in [1.54, 1.807) is 6.07 Å². The van der Waals surface area contributed by atoms with Crippen LogP contribution in [0.4, 0.5) is 0 Å². The van der Waals surface area contributed by atoms with Gasteiger partial charge in [-0.1, -0.05) is 44.0 Å². The molecule has 2 unspecified atom stereocenters. The predicted molar refractivity (Wildman–Crippen MR) is 86.3 cm³/mol. The first-order valence-corrected chi connectivity index (χ1v) is 9.18. The third kappa shape index (κ3) is 4.33. The highest BCUT2D eigenvalue weighted by Crippen LogP contribution is 2.33. The van der Waals surface area contributed by atoms with Crippen molar-refractivity contribution in [1.82, 2.24) is 10.0 Å². The first-order chi connectivity index (χ1) is 9.70. The molecule has 7 heteroatoms. The van der Waals surface area contributed by atoms with Crippen LogP contribution >= 0.6 is 23.2 Å². The molecule has 1 aromatic rings. The second-order valence-electron chi connectivity index (χ2n) is 5.85. The van der Waals surface area contributed by atoms with E-state index in [0.29, 0.717) is 17.5 Å². The highest BCUT2D eigenvalue weighted by molar-refractivity contribution is 7.89. The maximum Gasteiger partial charge on any atom is 0.242 e. The van der Waals surface area contributed by atoms with Crippen LogP contribution in [0.15, 0.2) is 17.0 Å². The Balaban J connectivity index is 2.27. The maximum atomic E-state index is 12.4. The molecule has 1 saturated carbocycles. The Labute approximate surface area is 136 Å². The number of nitrogens with one attached hydrogen (secondary N) is 2. The van der Waals surface area contributed by atoms with E-state index >= 15 is 0 Å². The first kappa shape index (κ1) is 17.0. The minimum atomic E-state index is -3.61. The molecule has 1 aliphatic rings. The number of benzene rings is 1. The number of rotatable bonds is 6. The lowest BCUT2D eigenvalue weighted by Crippen LogP contribution is -2.27. The Hall–Kier alpha value is -0.330. The van der Waals surface area contributed by atoms with Crippen molar-refractivity contribution in [3.63, 3.8) is 0 Å². The number of sulfonamides is 1. The minimum Gasteiger partial charge on any atom is -0.310 e. The zero-order valence-electron chi connectivity index (χ0n) is 12.3. The van der Waals surface area contributed by atoms with Gasteiger partial charge in [0.1, 0.15) is 4.90 Å². The maximum absolute atomic E-state index is 12.4. The molecule has 0 heterocycles. The average molecular weight is 351 g/mol. The predicted octanol–water partition coefficient (Wildman–Crippen LogP) is 3.18. The van der Waals surface area contributed by atoms with Crippen molar-refractivity contribution in [2.75, 3.05) is 0 Å². The fourth-order valence-corrected chi connectivity index (χ4v) is 4.20. The zero-order chi connectivity index (χ0) is 15.8. The van der Waals surface area contributed by atoms with E-state index in [1.165, 1.54) is 6.07 Å². The van der Waals surface area contributed by atoms with Gasteiger partial charge in [-0.3, -0.25) is 0 Å². The lowest BCUT2D eigenvalue weighted by molar-refractivity contribution is 0.576. The molecule has 118 valence electrons. The molecule has 0 aliphatic heterocycles. The van der Waals surface area contributed by atoms with Crippen LogP contribution in [-0.4, -0.2) is 20.5 Å². The summed E-state index contributed by atoms with van der Waals surface area (Å²) in [5, 5.41) is 3.83. The van der Waals surface area contributed by atoms with Crippen LogP contribution in [0.2, 0.25) is 10.0 Å². The summed E-state index contributed by atoms with van der Waals surface area (Å²) in [7, 11) is -3.61. The third-order valence-electron chi connectivity index (χ3n) is 3.51. The third-order valence-corrected chi connectivity index (χ3v) is 5.81. The second-order valence-corrected chi connectivity index (χ2v) is 8.35. The van der Waals surface area contributed by atoms with E-state index in [9.17, 15) is 8.42 Å². The molecule has 0 radical (unpaired) electrons. The Bertz CT molecular complexity index is 632. The van der Waals surface area contributed by atoms with Crippen LogP contribution in [0.5, 0.6) is 0 Å². The van der Waals surface area contributed by atoms with Crippen LogP contribution < -0.4 is 10.0 Å². The van der Waals surface area contributed by atoms with Crippen LogP contribution in [0.25, 0.3) is 0 Å². The summed E-state index contributed by atoms with van der Waals surface area (Å²) in [6.45, 7) is 6.53. The molecule has 21 heavy (non-hydrogen) atoms. The summed E-state index contributed by atoms with van der Waals surface area (Å²) in [4.78, 5) is 0.0909. The number of halogens is 2. The Morgan fingerprint density at radius 2 is 1.90 bits per heavy atom. The SMILES string of the molecule is CC(C)NCc1cc(S(=O)(=O)NC2CC2C)c(Cl)cc1Cl. The highest BCUT2D eigenvalue weighted by Gasteiger charge is 2.37. The largest absolute Gasteiger partial charge is 0.310 e. The summed E-state index contributed by atoms with van der Waals surface area (Å²) in [5.41, 5.74) is 0.721. The standard InChI is InChI=1S/C14H20Cl2N2O2S/c1-8(2)17-7-10-5-14(12(16)6-11(10)15)21(19,20)18-13-4-9(13)3/h5-6,8-9,13,17-18H,4,7H2,1-3H3. The van der Waals surface area contributed by atoms with Gasteiger partial charge >= 0.3 is 0 Å². The van der Waals surface area contributed by atoms with Gasteiger partial charge in [0, 0.05) is 23.7 Å². The van der Waals surface area contributed by atoms with Crippen LogP contribution in [0.3, 0.4) is 0 Å². The molecular formula is C14H20Cl2N2O2S. The van der Waals surface area contributed by atoms with Gasteiger partial charge in [-0.15, -0.1) is 0 Å². The Morgan fingerprint density at radius 1 is 1.29 bits per heavy atom. The van der Waals surface area contributed by atoms with Crippen molar-refractivity contribution in [2.45, 2.75) is 50.7 Å². The summed E-state index contributed by atoms with van der Waals surface area (Å²) in [5.74, 6) is 0.382. The first-order valence-electron chi connectivity index (χ1n) is 6.94. The van der Waals surface area contributed by atoms with E-state index in [2.05, 4.69) is 10.0 Å². The molecule has 1 aliphatic carbocycles. The van der Waals surface area contributed by atoms with Gasteiger partial charge in [-0.25, -0.2) is 13.1 Å². The van der Waals surface area contributed by atoms with Gasteiger partial charge in [0.05, 0.1) is 5.02 Å². The van der Waals surface area contributed by atoms with Gasteiger partial charge in [-0.05, 0) is 30.0 Å². The zero-order valence-corrected chi connectivity index (χ0v) is 14.6. The minimum absolute atomic E-state index is 0.0129. The molecule has 0 aromatic heterocycles. The van der Waals surface area contributed by atoms with Crippen molar-refractivity contribution in [2.24, 2.45) is 5.92 Å². The van der Waals surface area contributed by atoms with Crippen molar-refractivity contribution < 1.29 is 8.42 Å². The average Bonchev–Trinajstić information content (AvgIpc) is 3.02. The van der Waals surface area contributed by atoms with Gasteiger partial charge in [-0.2, -0.15) is 0 Å². The monoisotopic (exact) mass is 350 g/mol.